The van der Waals surface area contributed by atoms with Crippen molar-refractivity contribution in [1.29, 1.82) is 0 Å². The number of carbonyl (C=O) groups excluding carboxylic acids is 1. The van der Waals surface area contributed by atoms with Crippen molar-refractivity contribution in [3.05, 3.63) is 42.2 Å². The topological polar surface area (TPSA) is 39.2 Å². The van der Waals surface area contributed by atoms with Crippen molar-refractivity contribution < 1.29 is 9.53 Å². The Morgan fingerprint density at radius 2 is 2.00 bits per heavy atom. The zero-order chi connectivity index (χ0) is 13.2. The number of esters is 1. The molecule has 0 saturated heterocycles. The fourth-order valence-electron chi connectivity index (χ4n) is 2.04. The number of nitrogens with zero attached hydrogens (tertiary/aromatic N) is 1. The van der Waals surface area contributed by atoms with E-state index in [1.807, 2.05) is 45.0 Å². The van der Waals surface area contributed by atoms with Crippen molar-refractivity contribution in [3.63, 3.8) is 0 Å². The van der Waals surface area contributed by atoms with E-state index >= 15 is 0 Å². The number of hydrogen-bond donors (Lipinski definition) is 0. The highest BCUT2D eigenvalue weighted by atomic mass is 16.5. The monoisotopic (exact) mass is 243 g/mol. The summed E-state index contributed by atoms with van der Waals surface area (Å²) in [7, 11) is 0. The van der Waals surface area contributed by atoms with Crippen molar-refractivity contribution in [3.8, 4) is 0 Å². The van der Waals surface area contributed by atoms with Crippen molar-refractivity contribution >= 4 is 16.7 Å². The molecule has 0 N–H and O–H groups in total. The van der Waals surface area contributed by atoms with Gasteiger partial charge in [0.25, 0.3) is 0 Å². The molecule has 0 radical (unpaired) electrons. The standard InChI is InChI=1S/C15H17NO2/c1-4-18-14(17)15(2,3)13-10-16-9-11-7-5-6-8-12(11)13/h5-10H,4H2,1-3H3. The molecule has 0 bridgehead atoms. The van der Waals surface area contributed by atoms with Gasteiger partial charge in [-0.25, -0.2) is 0 Å². The van der Waals surface area contributed by atoms with Gasteiger partial charge in [0.15, 0.2) is 0 Å². The van der Waals surface area contributed by atoms with Crippen molar-refractivity contribution in [2.24, 2.45) is 0 Å². The highest BCUT2D eigenvalue weighted by Gasteiger charge is 2.33. The molecule has 0 aliphatic carbocycles. The first kappa shape index (κ1) is 12.6. The van der Waals surface area contributed by atoms with Crippen LogP contribution < -0.4 is 0 Å². The van der Waals surface area contributed by atoms with Gasteiger partial charge < -0.3 is 4.74 Å². The van der Waals surface area contributed by atoms with Crippen LogP contribution in [0.15, 0.2) is 36.7 Å². The van der Waals surface area contributed by atoms with Crippen LogP contribution in [0, 0.1) is 0 Å². The first-order valence-corrected chi connectivity index (χ1v) is 6.08. The van der Waals surface area contributed by atoms with E-state index in [2.05, 4.69) is 4.98 Å². The summed E-state index contributed by atoms with van der Waals surface area (Å²) >= 11 is 0. The molecular formula is C15H17NO2. The molecule has 1 aromatic heterocycles. The predicted octanol–water partition coefficient (Wildman–Crippen LogP) is 3.08. The van der Waals surface area contributed by atoms with Gasteiger partial charge in [-0.05, 0) is 31.7 Å². The second kappa shape index (κ2) is 4.77. The van der Waals surface area contributed by atoms with Crippen LogP contribution in [0.5, 0.6) is 0 Å². The van der Waals surface area contributed by atoms with Crippen LogP contribution in [0.3, 0.4) is 0 Å². The Labute approximate surface area is 107 Å². The normalized spacial score (nSPS) is 11.5. The minimum absolute atomic E-state index is 0.219. The lowest BCUT2D eigenvalue weighted by Crippen LogP contribution is -2.31. The van der Waals surface area contributed by atoms with Gasteiger partial charge in [0.1, 0.15) is 0 Å². The molecule has 2 aromatic rings. The van der Waals surface area contributed by atoms with E-state index < -0.39 is 5.41 Å². The molecule has 0 aliphatic rings. The number of pyridine rings is 1. The number of carbonyl (C=O) groups is 1. The lowest BCUT2D eigenvalue weighted by Gasteiger charge is -2.23. The molecular weight excluding hydrogens is 226 g/mol. The Hall–Kier alpha value is -1.90. The van der Waals surface area contributed by atoms with Gasteiger partial charge in [0, 0.05) is 17.8 Å². The SMILES string of the molecule is CCOC(=O)C(C)(C)c1cncc2ccccc12. The summed E-state index contributed by atoms with van der Waals surface area (Å²) in [5.41, 5.74) is 0.211. The first-order valence-electron chi connectivity index (χ1n) is 6.08. The van der Waals surface area contributed by atoms with Gasteiger partial charge in [-0.2, -0.15) is 0 Å². The zero-order valence-electron chi connectivity index (χ0n) is 10.9. The van der Waals surface area contributed by atoms with E-state index in [9.17, 15) is 4.79 Å². The van der Waals surface area contributed by atoms with Gasteiger partial charge in [-0.3, -0.25) is 9.78 Å². The maximum Gasteiger partial charge on any atom is 0.316 e. The molecule has 0 atom stereocenters. The van der Waals surface area contributed by atoms with E-state index in [4.69, 9.17) is 4.74 Å². The molecule has 2 rings (SSSR count). The van der Waals surface area contributed by atoms with Crippen LogP contribution >= 0.6 is 0 Å². The molecule has 0 fully saturated rings. The van der Waals surface area contributed by atoms with E-state index in [1.165, 1.54) is 0 Å². The molecule has 0 amide bonds. The fourth-order valence-corrected chi connectivity index (χ4v) is 2.04. The maximum atomic E-state index is 12.1. The third-order valence-electron chi connectivity index (χ3n) is 3.13. The van der Waals surface area contributed by atoms with E-state index in [0.29, 0.717) is 6.61 Å². The summed E-state index contributed by atoms with van der Waals surface area (Å²) in [4.78, 5) is 16.3. The second-order valence-corrected chi connectivity index (χ2v) is 4.75. The molecule has 3 heteroatoms. The van der Waals surface area contributed by atoms with Gasteiger partial charge in [0.05, 0.1) is 12.0 Å². The molecule has 3 nitrogen and oxygen atoms in total. The van der Waals surface area contributed by atoms with Gasteiger partial charge >= 0.3 is 5.97 Å². The number of rotatable bonds is 3. The average Bonchev–Trinajstić information content (AvgIpc) is 2.38. The first-order chi connectivity index (χ1) is 8.57. The lowest BCUT2D eigenvalue weighted by molar-refractivity contribution is -0.148. The summed E-state index contributed by atoms with van der Waals surface area (Å²) in [5.74, 6) is -0.219. The largest absolute Gasteiger partial charge is 0.465 e. The minimum Gasteiger partial charge on any atom is -0.465 e. The highest BCUT2D eigenvalue weighted by Crippen LogP contribution is 2.30. The maximum absolute atomic E-state index is 12.1. The number of hydrogen-bond acceptors (Lipinski definition) is 3. The molecule has 1 aromatic carbocycles. The van der Waals surface area contributed by atoms with Gasteiger partial charge in [-0.1, -0.05) is 24.3 Å². The van der Waals surface area contributed by atoms with E-state index in [-0.39, 0.29) is 5.97 Å². The number of ether oxygens (including phenoxy) is 1. The Balaban J connectivity index is 2.56. The molecule has 1 heterocycles. The summed E-state index contributed by atoms with van der Waals surface area (Å²) in [5, 5.41) is 2.08. The molecule has 0 saturated carbocycles. The molecule has 0 aliphatic heterocycles. The average molecular weight is 243 g/mol. The minimum atomic E-state index is -0.691. The fraction of sp³-hybridized carbons (Fsp3) is 0.333. The molecule has 18 heavy (non-hydrogen) atoms. The van der Waals surface area contributed by atoms with Crippen LogP contribution in [0.4, 0.5) is 0 Å². The summed E-state index contributed by atoms with van der Waals surface area (Å²) in [6.07, 6.45) is 3.55. The van der Waals surface area contributed by atoms with E-state index in [0.717, 1.165) is 16.3 Å². The summed E-state index contributed by atoms with van der Waals surface area (Å²) < 4.78 is 5.14. The van der Waals surface area contributed by atoms with Crippen LogP contribution in [0.1, 0.15) is 26.3 Å². The van der Waals surface area contributed by atoms with Crippen molar-refractivity contribution in [2.75, 3.05) is 6.61 Å². The molecule has 0 unspecified atom stereocenters. The van der Waals surface area contributed by atoms with Crippen LogP contribution in [0.25, 0.3) is 10.8 Å². The Morgan fingerprint density at radius 1 is 1.28 bits per heavy atom. The third-order valence-corrected chi connectivity index (χ3v) is 3.13. The summed E-state index contributed by atoms with van der Waals surface area (Å²) in [6.45, 7) is 5.94. The number of aromatic nitrogens is 1. The smallest absolute Gasteiger partial charge is 0.316 e. The molecule has 0 spiro atoms. The lowest BCUT2D eigenvalue weighted by atomic mass is 9.83. The Kier molecular flexibility index (Phi) is 3.32. The Bertz CT molecular complexity index is 570. The Morgan fingerprint density at radius 3 is 2.72 bits per heavy atom. The predicted molar refractivity (Wildman–Crippen MR) is 71.4 cm³/mol. The van der Waals surface area contributed by atoms with Crippen molar-refractivity contribution in [1.82, 2.24) is 4.98 Å². The third kappa shape index (κ3) is 2.08. The summed E-state index contributed by atoms with van der Waals surface area (Å²) in [6, 6.07) is 7.93. The van der Waals surface area contributed by atoms with Crippen LogP contribution in [0.2, 0.25) is 0 Å². The van der Waals surface area contributed by atoms with Crippen LogP contribution in [-0.2, 0) is 14.9 Å². The van der Waals surface area contributed by atoms with Gasteiger partial charge in [-0.15, -0.1) is 0 Å². The number of benzene rings is 1. The quantitative estimate of drug-likeness (QED) is 0.778. The zero-order valence-corrected chi connectivity index (χ0v) is 10.9. The molecule has 94 valence electrons. The second-order valence-electron chi connectivity index (χ2n) is 4.75. The highest BCUT2D eigenvalue weighted by molar-refractivity contribution is 5.92. The van der Waals surface area contributed by atoms with Crippen LogP contribution in [-0.4, -0.2) is 17.6 Å². The van der Waals surface area contributed by atoms with Crippen molar-refractivity contribution in [2.45, 2.75) is 26.2 Å². The van der Waals surface area contributed by atoms with E-state index in [1.54, 1.807) is 12.4 Å². The number of fused-ring (bicyclic) bond motifs is 1. The van der Waals surface area contributed by atoms with Gasteiger partial charge in [0.2, 0.25) is 0 Å².